The predicted molar refractivity (Wildman–Crippen MR) is 92.7 cm³/mol. The molecule has 7 nitrogen and oxygen atoms in total. The van der Waals surface area contributed by atoms with Crippen molar-refractivity contribution in [1.82, 2.24) is 10.2 Å². The lowest BCUT2D eigenvalue weighted by Crippen LogP contribution is -2.40. The summed E-state index contributed by atoms with van der Waals surface area (Å²) in [6.45, 7) is 6.45. The molecule has 1 aliphatic heterocycles. The van der Waals surface area contributed by atoms with Gasteiger partial charge in [0.25, 0.3) is 0 Å². The van der Waals surface area contributed by atoms with Crippen molar-refractivity contribution in [3.8, 4) is 11.5 Å². The van der Waals surface area contributed by atoms with E-state index in [-0.39, 0.29) is 30.2 Å². The van der Waals surface area contributed by atoms with Gasteiger partial charge >= 0.3 is 6.09 Å². The first-order chi connectivity index (χ1) is 11.7. The average Bonchev–Trinajstić information content (AvgIpc) is 2.94. The minimum atomic E-state index is -0.537. The van der Waals surface area contributed by atoms with Gasteiger partial charge in [0.1, 0.15) is 17.1 Å². The minimum absolute atomic E-state index is 0.0839. The molecule has 0 radical (unpaired) electrons. The number of ether oxygens (including phenoxy) is 2. The summed E-state index contributed by atoms with van der Waals surface area (Å²) in [5.41, 5.74) is 0.0755. The van der Waals surface area contributed by atoms with Gasteiger partial charge in [0, 0.05) is 24.7 Å². The lowest BCUT2D eigenvalue weighted by Gasteiger charge is -2.24. The standard InChI is InChI=1S/C18H26N2O5/c1-18(2,3)25-17(23)20-8-7-13(11-20)19-16(22)10-12-9-14(21)5-6-15(12)24-4/h5-6,9,13,21H,7-8,10-11H2,1-4H3,(H,19,22)/t13-/m1/s1. The van der Waals surface area contributed by atoms with Crippen LogP contribution in [0.5, 0.6) is 11.5 Å². The van der Waals surface area contributed by atoms with Crippen molar-refractivity contribution in [1.29, 1.82) is 0 Å². The van der Waals surface area contributed by atoms with Crippen LogP contribution < -0.4 is 10.1 Å². The number of phenols is 1. The van der Waals surface area contributed by atoms with Gasteiger partial charge in [-0.05, 0) is 45.4 Å². The zero-order valence-corrected chi connectivity index (χ0v) is 15.2. The van der Waals surface area contributed by atoms with Gasteiger partial charge in [-0.2, -0.15) is 0 Å². The number of rotatable bonds is 4. The van der Waals surface area contributed by atoms with Crippen molar-refractivity contribution in [3.63, 3.8) is 0 Å². The van der Waals surface area contributed by atoms with Crippen molar-refractivity contribution in [2.24, 2.45) is 0 Å². The molecule has 0 bridgehead atoms. The van der Waals surface area contributed by atoms with E-state index in [1.165, 1.54) is 19.2 Å². The van der Waals surface area contributed by atoms with Crippen molar-refractivity contribution in [2.75, 3.05) is 20.2 Å². The maximum absolute atomic E-state index is 12.3. The van der Waals surface area contributed by atoms with Gasteiger partial charge < -0.3 is 24.8 Å². The molecule has 2 rings (SSSR count). The van der Waals surface area contributed by atoms with E-state index in [0.29, 0.717) is 30.8 Å². The molecule has 1 fully saturated rings. The number of nitrogens with one attached hydrogen (secondary N) is 1. The third-order valence-corrected chi connectivity index (χ3v) is 3.82. The number of amides is 2. The molecule has 0 unspecified atom stereocenters. The number of carbonyl (C=O) groups is 2. The second kappa shape index (κ2) is 7.63. The molecule has 1 aromatic carbocycles. The van der Waals surface area contributed by atoms with E-state index in [1.54, 1.807) is 11.0 Å². The molecule has 138 valence electrons. The van der Waals surface area contributed by atoms with E-state index in [2.05, 4.69) is 5.32 Å². The third-order valence-electron chi connectivity index (χ3n) is 3.82. The third kappa shape index (κ3) is 5.55. The fourth-order valence-corrected chi connectivity index (χ4v) is 2.73. The number of nitrogens with zero attached hydrogens (tertiary/aromatic N) is 1. The van der Waals surface area contributed by atoms with Gasteiger partial charge in [-0.3, -0.25) is 4.79 Å². The lowest BCUT2D eigenvalue weighted by atomic mass is 10.1. The second-order valence-electron chi connectivity index (χ2n) is 7.15. The van der Waals surface area contributed by atoms with E-state index in [4.69, 9.17) is 9.47 Å². The van der Waals surface area contributed by atoms with Gasteiger partial charge in [-0.1, -0.05) is 0 Å². The fraction of sp³-hybridized carbons (Fsp3) is 0.556. The number of hydrogen-bond acceptors (Lipinski definition) is 5. The fourth-order valence-electron chi connectivity index (χ4n) is 2.73. The van der Waals surface area contributed by atoms with Crippen molar-refractivity contribution in [2.45, 2.75) is 45.3 Å². The number of carbonyl (C=O) groups excluding carboxylic acids is 2. The number of likely N-dealkylation sites (tertiary alicyclic amines) is 1. The molecule has 1 heterocycles. The smallest absolute Gasteiger partial charge is 0.410 e. The summed E-state index contributed by atoms with van der Waals surface area (Å²) in [6, 6.07) is 4.54. The van der Waals surface area contributed by atoms with Crippen molar-refractivity contribution < 1.29 is 24.2 Å². The van der Waals surface area contributed by atoms with E-state index in [1.807, 2.05) is 20.8 Å². The largest absolute Gasteiger partial charge is 0.508 e. The Kier molecular flexibility index (Phi) is 5.77. The molecule has 1 saturated heterocycles. The van der Waals surface area contributed by atoms with Gasteiger partial charge in [0.2, 0.25) is 5.91 Å². The SMILES string of the molecule is COc1ccc(O)cc1CC(=O)N[C@@H]1CCN(C(=O)OC(C)(C)C)C1. The quantitative estimate of drug-likeness (QED) is 0.868. The monoisotopic (exact) mass is 350 g/mol. The maximum Gasteiger partial charge on any atom is 0.410 e. The molecule has 0 aromatic heterocycles. The molecule has 1 aromatic rings. The van der Waals surface area contributed by atoms with Crippen LogP contribution >= 0.6 is 0 Å². The summed E-state index contributed by atoms with van der Waals surface area (Å²) in [6.07, 6.45) is 0.418. The number of hydrogen-bond donors (Lipinski definition) is 2. The summed E-state index contributed by atoms with van der Waals surface area (Å²) >= 11 is 0. The Labute approximate surface area is 147 Å². The maximum atomic E-state index is 12.3. The highest BCUT2D eigenvalue weighted by atomic mass is 16.6. The molecule has 2 N–H and O–H groups in total. The Bertz CT molecular complexity index is 639. The zero-order valence-electron chi connectivity index (χ0n) is 15.2. The molecule has 7 heteroatoms. The van der Waals surface area contributed by atoms with Crippen LogP contribution in [0.2, 0.25) is 0 Å². The molecule has 0 spiro atoms. The first-order valence-electron chi connectivity index (χ1n) is 8.31. The summed E-state index contributed by atoms with van der Waals surface area (Å²) in [5.74, 6) is 0.454. The average molecular weight is 350 g/mol. The van der Waals surface area contributed by atoms with Crippen molar-refractivity contribution in [3.05, 3.63) is 23.8 Å². The van der Waals surface area contributed by atoms with Gasteiger partial charge in [0.15, 0.2) is 0 Å². The molecular formula is C18H26N2O5. The van der Waals surface area contributed by atoms with E-state index < -0.39 is 5.60 Å². The van der Waals surface area contributed by atoms with Crippen LogP contribution in [0, 0.1) is 0 Å². The summed E-state index contributed by atoms with van der Waals surface area (Å²) in [5, 5.41) is 12.5. The highest BCUT2D eigenvalue weighted by Crippen LogP contribution is 2.24. The van der Waals surface area contributed by atoms with Crippen LogP contribution in [0.3, 0.4) is 0 Å². The predicted octanol–water partition coefficient (Wildman–Crippen LogP) is 2.07. The Morgan fingerprint density at radius 1 is 1.36 bits per heavy atom. The number of aromatic hydroxyl groups is 1. The lowest BCUT2D eigenvalue weighted by molar-refractivity contribution is -0.121. The first kappa shape index (κ1) is 18.9. The first-order valence-corrected chi connectivity index (χ1v) is 8.31. The molecular weight excluding hydrogens is 324 g/mol. The molecule has 1 atom stereocenters. The Balaban J connectivity index is 1.88. The normalized spacial score (nSPS) is 17.3. The molecule has 25 heavy (non-hydrogen) atoms. The molecule has 0 saturated carbocycles. The summed E-state index contributed by atoms with van der Waals surface area (Å²) < 4.78 is 10.5. The Hall–Kier alpha value is -2.44. The summed E-state index contributed by atoms with van der Waals surface area (Å²) in [4.78, 5) is 25.9. The van der Waals surface area contributed by atoms with E-state index in [0.717, 1.165) is 0 Å². The minimum Gasteiger partial charge on any atom is -0.508 e. The Morgan fingerprint density at radius 3 is 2.72 bits per heavy atom. The zero-order chi connectivity index (χ0) is 18.6. The molecule has 0 aliphatic carbocycles. The number of phenolic OH excluding ortho intramolecular Hbond substituents is 1. The van der Waals surface area contributed by atoms with Crippen LogP contribution in [0.1, 0.15) is 32.8 Å². The number of methoxy groups -OCH3 is 1. The van der Waals surface area contributed by atoms with Crippen LogP contribution in [-0.4, -0.2) is 53.8 Å². The van der Waals surface area contributed by atoms with Crippen LogP contribution in [-0.2, 0) is 16.0 Å². The van der Waals surface area contributed by atoms with Gasteiger partial charge in [0.05, 0.1) is 13.5 Å². The molecule has 1 aliphatic rings. The Morgan fingerprint density at radius 2 is 2.08 bits per heavy atom. The van der Waals surface area contributed by atoms with E-state index >= 15 is 0 Å². The number of benzene rings is 1. The molecule has 2 amide bonds. The summed E-state index contributed by atoms with van der Waals surface area (Å²) in [7, 11) is 1.52. The second-order valence-corrected chi connectivity index (χ2v) is 7.15. The van der Waals surface area contributed by atoms with E-state index in [9.17, 15) is 14.7 Å². The van der Waals surface area contributed by atoms with Gasteiger partial charge in [-0.25, -0.2) is 4.79 Å². The topological polar surface area (TPSA) is 88.1 Å². The van der Waals surface area contributed by atoms with Gasteiger partial charge in [-0.15, -0.1) is 0 Å². The van der Waals surface area contributed by atoms with Crippen LogP contribution in [0.4, 0.5) is 4.79 Å². The highest BCUT2D eigenvalue weighted by Gasteiger charge is 2.30. The highest BCUT2D eigenvalue weighted by molar-refractivity contribution is 5.80. The van der Waals surface area contributed by atoms with Crippen molar-refractivity contribution >= 4 is 12.0 Å². The van der Waals surface area contributed by atoms with Crippen LogP contribution in [0.15, 0.2) is 18.2 Å². The van der Waals surface area contributed by atoms with Crippen LogP contribution in [0.25, 0.3) is 0 Å².